The molecule has 4 atom stereocenters. The maximum atomic E-state index is 12.7. The van der Waals surface area contributed by atoms with Gasteiger partial charge >= 0.3 is 5.97 Å². The number of hydrogen-bond acceptors (Lipinski definition) is 5. The molecule has 140 valence electrons. The molecule has 0 aliphatic carbocycles. The molecule has 1 aromatic carbocycles. The lowest BCUT2D eigenvalue weighted by atomic mass is 9.87. The summed E-state index contributed by atoms with van der Waals surface area (Å²) in [6.45, 7) is 5.44. The first-order chi connectivity index (χ1) is 12.1. The highest BCUT2D eigenvalue weighted by atomic mass is 32.2. The van der Waals surface area contributed by atoms with Crippen molar-refractivity contribution < 1.29 is 24.6 Å². The molecule has 2 fully saturated rings. The third-order valence-corrected chi connectivity index (χ3v) is 6.65. The number of aliphatic hydroxyl groups is 1. The second kappa shape index (κ2) is 6.28. The summed E-state index contributed by atoms with van der Waals surface area (Å²) in [6, 6.07) is 6.28. The summed E-state index contributed by atoms with van der Waals surface area (Å²) in [4.78, 5) is 39.3. The molecule has 2 aliphatic rings. The van der Waals surface area contributed by atoms with E-state index in [1.54, 1.807) is 33.0 Å². The lowest BCUT2D eigenvalue weighted by Crippen LogP contribution is -2.67. The van der Waals surface area contributed by atoms with Gasteiger partial charge in [0.15, 0.2) is 0 Å². The van der Waals surface area contributed by atoms with Crippen LogP contribution in [0.15, 0.2) is 24.3 Å². The Bertz CT molecular complexity index is 763. The van der Waals surface area contributed by atoms with Gasteiger partial charge in [0.05, 0.1) is 5.37 Å². The van der Waals surface area contributed by atoms with E-state index in [0.717, 1.165) is 5.56 Å². The number of amides is 2. The number of nitrogens with zero attached hydrogens (tertiary/aromatic N) is 2. The van der Waals surface area contributed by atoms with Crippen molar-refractivity contribution >= 4 is 35.2 Å². The van der Waals surface area contributed by atoms with Crippen LogP contribution in [0.25, 0.3) is 0 Å². The van der Waals surface area contributed by atoms with E-state index in [-0.39, 0.29) is 0 Å². The predicted octanol–water partition coefficient (Wildman–Crippen LogP) is 1.08. The molecule has 2 aliphatic heterocycles. The highest BCUT2D eigenvalue weighted by Crippen LogP contribution is 2.54. The van der Waals surface area contributed by atoms with Gasteiger partial charge < -0.3 is 20.0 Å². The summed E-state index contributed by atoms with van der Waals surface area (Å²) in [7, 11) is 1.54. The Balaban J connectivity index is 1.78. The summed E-state index contributed by atoms with van der Waals surface area (Å²) >= 11 is 1.31. The average molecular weight is 378 g/mol. The van der Waals surface area contributed by atoms with Gasteiger partial charge in [0.1, 0.15) is 18.1 Å². The van der Waals surface area contributed by atoms with E-state index < -0.39 is 46.0 Å². The predicted molar refractivity (Wildman–Crippen MR) is 97.8 cm³/mol. The first-order valence-corrected chi connectivity index (χ1v) is 9.19. The number of aryl methyl sites for hydroxylation is 1. The van der Waals surface area contributed by atoms with Crippen molar-refractivity contribution in [3.05, 3.63) is 29.8 Å². The number of carboxylic acid groups (broad SMARTS) is 1. The van der Waals surface area contributed by atoms with Gasteiger partial charge in [0, 0.05) is 17.5 Å². The van der Waals surface area contributed by atoms with Crippen molar-refractivity contribution in [3.63, 3.8) is 0 Å². The molecule has 0 radical (unpaired) electrons. The molecular weight excluding hydrogens is 356 g/mol. The zero-order valence-electron chi connectivity index (χ0n) is 15.0. The van der Waals surface area contributed by atoms with Crippen molar-refractivity contribution in [2.24, 2.45) is 5.92 Å². The number of rotatable bonds is 4. The molecule has 26 heavy (non-hydrogen) atoms. The third kappa shape index (κ3) is 2.77. The molecule has 0 spiro atoms. The summed E-state index contributed by atoms with van der Waals surface area (Å²) < 4.78 is -0.688. The van der Waals surface area contributed by atoms with Crippen LogP contribution in [0, 0.1) is 12.8 Å². The maximum absolute atomic E-state index is 12.7. The first-order valence-electron chi connectivity index (χ1n) is 8.31. The van der Waals surface area contributed by atoms with Crippen LogP contribution in [0.1, 0.15) is 19.4 Å². The molecular formula is C18H22N2O5S. The molecule has 0 unspecified atom stereocenters. The molecule has 3 rings (SSSR count). The summed E-state index contributed by atoms with van der Waals surface area (Å²) in [5, 5.41) is 19.5. The Morgan fingerprint density at radius 1 is 1.27 bits per heavy atom. The molecule has 7 nitrogen and oxygen atoms in total. The fraction of sp³-hybridized carbons (Fsp3) is 0.500. The van der Waals surface area contributed by atoms with Gasteiger partial charge in [0.25, 0.3) is 5.91 Å². The monoisotopic (exact) mass is 378 g/mol. The van der Waals surface area contributed by atoms with Crippen molar-refractivity contribution in [3.8, 4) is 0 Å². The van der Waals surface area contributed by atoms with Crippen LogP contribution >= 0.6 is 11.8 Å². The van der Waals surface area contributed by atoms with Crippen molar-refractivity contribution in [1.29, 1.82) is 0 Å². The van der Waals surface area contributed by atoms with Gasteiger partial charge in [-0.1, -0.05) is 17.7 Å². The van der Waals surface area contributed by atoms with Gasteiger partial charge in [0.2, 0.25) is 5.91 Å². The summed E-state index contributed by atoms with van der Waals surface area (Å²) in [5.41, 5.74) is 1.66. The smallest absolute Gasteiger partial charge is 0.327 e. The van der Waals surface area contributed by atoms with Gasteiger partial charge in [-0.05, 0) is 32.9 Å². The van der Waals surface area contributed by atoms with E-state index in [9.17, 15) is 24.6 Å². The molecule has 0 aromatic heterocycles. The number of carbonyl (C=O) groups excluding carboxylic acids is 2. The zero-order chi connectivity index (χ0) is 19.4. The normalized spacial score (nSPS) is 27.5. The fourth-order valence-electron chi connectivity index (χ4n) is 3.58. The Hall–Kier alpha value is -2.06. The maximum Gasteiger partial charge on any atom is 0.327 e. The highest BCUT2D eigenvalue weighted by molar-refractivity contribution is 8.01. The fourth-order valence-corrected chi connectivity index (χ4v) is 5.30. The third-order valence-electron chi connectivity index (χ3n) is 5.06. The molecule has 8 heteroatoms. The lowest BCUT2D eigenvalue weighted by molar-refractivity contribution is -0.170. The molecule has 2 amide bonds. The van der Waals surface area contributed by atoms with Gasteiger partial charge in [-0.3, -0.25) is 9.59 Å². The van der Waals surface area contributed by atoms with E-state index in [4.69, 9.17) is 0 Å². The van der Waals surface area contributed by atoms with E-state index in [2.05, 4.69) is 0 Å². The Kier molecular flexibility index (Phi) is 4.52. The number of aliphatic carboxylic acids is 1. The standard InChI is InChI=1S/C18H22N2O5S/c1-9-5-7-10(8-6-9)19(4)15(23)12(21)11-14(22)20-13(17(24)25)18(2,3)26-16(11)20/h5-8,11-13,16,21H,1-4H3,(H,24,25)/t11-,12+,13+,16-/m1/s1. The van der Waals surface area contributed by atoms with Crippen molar-refractivity contribution in [2.45, 2.75) is 43.0 Å². The van der Waals surface area contributed by atoms with Crippen LogP contribution in [-0.2, 0) is 14.4 Å². The SMILES string of the molecule is Cc1ccc(N(C)C(=O)[C@@H](O)[C@@H]2C(=O)N3[C@@H]2SC(C)(C)[C@@H]3C(=O)O)cc1. The van der Waals surface area contributed by atoms with E-state index in [1.165, 1.54) is 21.6 Å². The number of carbonyl (C=O) groups is 3. The van der Waals surface area contributed by atoms with Crippen LogP contribution in [0.3, 0.4) is 0 Å². The molecule has 2 heterocycles. The van der Waals surface area contributed by atoms with Crippen molar-refractivity contribution in [1.82, 2.24) is 4.90 Å². The first kappa shape index (κ1) is 18.7. The molecule has 0 bridgehead atoms. The largest absolute Gasteiger partial charge is 0.480 e. The molecule has 2 saturated heterocycles. The minimum atomic E-state index is -1.51. The lowest BCUT2D eigenvalue weighted by Gasteiger charge is -2.45. The van der Waals surface area contributed by atoms with Crippen molar-refractivity contribution in [2.75, 3.05) is 11.9 Å². The number of hydrogen-bond donors (Lipinski definition) is 2. The number of benzene rings is 1. The average Bonchev–Trinajstić information content (AvgIpc) is 2.82. The number of aliphatic hydroxyl groups excluding tert-OH is 1. The van der Waals surface area contributed by atoms with Crippen LogP contribution in [0.2, 0.25) is 0 Å². The Labute approximate surface area is 156 Å². The minimum absolute atomic E-state index is 0.487. The van der Waals surface area contributed by atoms with Crippen LogP contribution in [0.4, 0.5) is 5.69 Å². The number of β-lactam (4-membered cyclic amide) rings is 1. The van der Waals surface area contributed by atoms with Crippen LogP contribution in [0.5, 0.6) is 0 Å². The summed E-state index contributed by atoms with van der Waals surface area (Å²) in [5.74, 6) is -3.07. The molecule has 1 aromatic rings. The second-order valence-corrected chi connectivity index (χ2v) is 9.07. The number of thioether (sulfide) groups is 1. The van der Waals surface area contributed by atoms with Crippen LogP contribution in [-0.4, -0.2) is 62.2 Å². The zero-order valence-corrected chi connectivity index (χ0v) is 15.9. The number of likely N-dealkylation sites (N-methyl/N-ethyl adjacent to an activating group) is 1. The van der Waals surface area contributed by atoms with E-state index >= 15 is 0 Å². The van der Waals surface area contributed by atoms with Crippen LogP contribution < -0.4 is 4.90 Å². The number of fused-ring (bicyclic) bond motifs is 1. The van der Waals surface area contributed by atoms with Gasteiger partial charge in [-0.25, -0.2) is 4.79 Å². The minimum Gasteiger partial charge on any atom is -0.480 e. The number of anilines is 1. The highest BCUT2D eigenvalue weighted by Gasteiger charge is 2.66. The Morgan fingerprint density at radius 3 is 2.38 bits per heavy atom. The summed E-state index contributed by atoms with van der Waals surface area (Å²) in [6.07, 6.45) is -1.51. The molecule has 0 saturated carbocycles. The quantitative estimate of drug-likeness (QED) is 0.761. The molecule has 2 N–H and O–H groups in total. The Morgan fingerprint density at radius 2 is 1.85 bits per heavy atom. The van der Waals surface area contributed by atoms with Gasteiger partial charge in [-0.2, -0.15) is 0 Å². The number of carboxylic acids is 1. The topological polar surface area (TPSA) is 98.2 Å². The second-order valence-electron chi connectivity index (χ2n) is 7.30. The van der Waals surface area contributed by atoms with Gasteiger partial charge in [-0.15, -0.1) is 11.8 Å². The van der Waals surface area contributed by atoms with E-state index in [1.807, 2.05) is 19.1 Å². The van der Waals surface area contributed by atoms with E-state index in [0.29, 0.717) is 5.69 Å².